The molecule has 1 saturated carbocycles. The number of aliphatic hydroxyl groups excluding tert-OH is 1. The van der Waals surface area contributed by atoms with Gasteiger partial charge in [-0.1, -0.05) is 37.5 Å². The summed E-state index contributed by atoms with van der Waals surface area (Å²) in [6.07, 6.45) is 4.54. The third-order valence-electron chi connectivity index (χ3n) is 7.11. The first-order chi connectivity index (χ1) is 18.3. The summed E-state index contributed by atoms with van der Waals surface area (Å²) in [5.41, 5.74) is -1.78. The fraction of sp³-hybridized carbons (Fsp3) is 0.500. The van der Waals surface area contributed by atoms with Crippen LogP contribution in [0.15, 0.2) is 64.5 Å². The minimum atomic E-state index is -3.65. The molecule has 0 aromatic heterocycles. The van der Waals surface area contributed by atoms with Crippen LogP contribution < -0.4 is 10.1 Å². The molecule has 1 fully saturated rings. The van der Waals surface area contributed by atoms with Gasteiger partial charge in [0.05, 0.1) is 22.9 Å². The molecule has 3 N–H and O–H groups in total. The van der Waals surface area contributed by atoms with Gasteiger partial charge in [0, 0.05) is 25.1 Å². The highest BCUT2D eigenvalue weighted by Gasteiger charge is 2.46. The molecule has 1 amide bonds. The first kappa shape index (κ1) is 28.1. The largest absolute Gasteiger partial charge is 0.494 e. The Hall–Kier alpha value is -2.95. The van der Waals surface area contributed by atoms with Gasteiger partial charge in [-0.2, -0.15) is 0 Å². The Bertz CT molecular complexity index is 1210. The number of amides is 1. The lowest BCUT2D eigenvalue weighted by Crippen LogP contribution is -2.52. The maximum Gasteiger partial charge on any atom is 0.251 e. The van der Waals surface area contributed by atoms with Gasteiger partial charge in [0.2, 0.25) is 5.90 Å². The van der Waals surface area contributed by atoms with E-state index in [4.69, 9.17) is 14.6 Å². The number of aliphatic hydroxyl groups is 2. The molecule has 206 valence electrons. The Labute approximate surface area is 223 Å². The summed E-state index contributed by atoms with van der Waals surface area (Å²) in [6.45, 7) is 0.415. The first-order valence-electron chi connectivity index (χ1n) is 13.1. The Kier molecular flexibility index (Phi) is 9.07. The van der Waals surface area contributed by atoms with Crippen LogP contribution in [0.4, 0.5) is 0 Å². The van der Waals surface area contributed by atoms with Crippen molar-refractivity contribution in [1.82, 2.24) is 5.32 Å². The number of aliphatic imine (C=N–C) groups is 1. The van der Waals surface area contributed by atoms with Crippen molar-refractivity contribution in [2.75, 3.05) is 32.1 Å². The Balaban J connectivity index is 1.53. The smallest absolute Gasteiger partial charge is 0.251 e. The van der Waals surface area contributed by atoms with Crippen molar-refractivity contribution in [1.29, 1.82) is 0 Å². The van der Waals surface area contributed by atoms with Crippen LogP contribution in [0.25, 0.3) is 0 Å². The van der Waals surface area contributed by atoms with Crippen molar-refractivity contribution in [3.8, 4) is 5.75 Å². The van der Waals surface area contributed by atoms with E-state index in [-0.39, 0.29) is 42.7 Å². The summed E-state index contributed by atoms with van der Waals surface area (Å²) >= 11 is 0. The van der Waals surface area contributed by atoms with Crippen molar-refractivity contribution >= 4 is 21.6 Å². The molecule has 0 radical (unpaired) electrons. The number of carbonyl (C=O) groups is 1. The van der Waals surface area contributed by atoms with Gasteiger partial charge in [-0.3, -0.25) is 4.79 Å². The fourth-order valence-corrected chi connectivity index (χ4v) is 6.16. The molecule has 38 heavy (non-hydrogen) atoms. The molecule has 0 bridgehead atoms. The average Bonchev–Trinajstić information content (AvgIpc) is 3.38. The van der Waals surface area contributed by atoms with Gasteiger partial charge < -0.3 is 25.0 Å². The molecule has 4 rings (SSSR count). The van der Waals surface area contributed by atoms with Gasteiger partial charge in [0.25, 0.3) is 5.91 Å². The van der Waals surface area contributed by atoms with E-state index < -0.39 is 26.9 Å². The Morgan fingerprint density at radius 2 is 1.76 bits per heavy atom. The van der Waals surface area contributed by atoms with Crippen molar-refractivity contribution in [2.45, 2.75) is 61.0 Å². The number of nitrogens with zero attached hydrogens (tertiary/aromatic N) is 1. The molecule has 0 unspecified atom stereocenters. The van der Waals surface area contributed by atoms with E-state index in [9.17, 15) is 18.3 Å². The molecule has 1 aliphatic heterocycles. The third kappa shape index (κ3) is 6.92. The minimum Gasteiger partial charge on any atom is -0.494 e. The predicted molar refractivity (Wildman–Crippen MR) is 143 cm³/mol. The lowest BCUT2D eigenvalue weighted by Gasteiger charge is -2.33. The molecule has 2 aromatic rings. The number of hydrogen-bond donors (Lipinski definition) is 3. The molecule has 2 aromatic carbocycles. The van der Waals surface area contributed by atoms with E-state index in [1.807, 2.05) is 0 Å². The van der Waals surface area contributed by atoms with E-state index in [0.29, 0.717) is 37.2 Å². The Morgan fingerprint density at radius 1 is 1.05 bits per heavy atom. The first-order valence-corrected chi connectivity index (χ1v) is 14.8. The molecule has 9 nitrogen and oxygen atoms in total. The molecule has 1 aliphatic carbocycles. The molecule has 1 heterocycles. The third-order valence-corrected chi connectivity index (χ3v) is 8.84. The summed E-state index contributed by atoms with van der Waals surface area (Å²) in [6, 6.07) is 15.1. The molecule has 10 heteroatoms. The molecule has 2 aliphatic rings. The standard InChI is InChI=1S/C28H36N2O7S/c31-17-7-18-36-23-12-10-22(11-13-23)25-30-28(21-37-25,16-19-38(34,35)24-8-3-1-4-9-24)26(32)29-20-27(33)14-5-2-6-15-27/h1,3-4,8-13,31,33H,2,5-7,14-21H2,(H,29,32)/t28-/m1/s1. The van der Waals surface area contributed by atoms with Gasteiger partial charge >= 0.3 is 0 Å². The van der Waals surface area contributed by atoms with E-state index in [1.165, 1.54) is 12.1 Å². The Morgan fingerprint density at radius 3 is 2.45 bits per heavy atom. The van der Waals surface area contributed by atoms with Crippen LogP contribution in [-0.4, -0.2) is 73.7 Å². The highest BCUT2D eigenvalue weighted by Crippen LogP contribution is 2.30. The number of hydrogen-bond acceptors (Lipinski definition) is 8. The van der Waals surface area contributed by atoms with Gasteiger partial charge in [0.15, 0.2) is 15.4 Å². The second-order valence-corrected chi connectivity index (χ2v) is 12.1. The summed E-state index contributed by atoms with van der Waals surface area (Å²) in [4.78, 5) is 18.4. The number of ether oxygens (including phenoxy) is 2. The summed E-state index contributed by atoms with van der Waals surface area (Å²) in [5, 5.41) is 22.6. The van der Waals surface area contributed by atoms with Crippen molar-refractivity contribution in [2.24, 2.45) is 4.99 Å². The van der Waals surface area contributed by atoms with Gasteiger partial charge in [-0.25, -0.2) is 13.4 Å². The molecule has 0 spiro atoms. The normalized spacial score (nSPS) is 20.8. The highest BCUT2D eigenvalue weighted by molar-refractivity contribution is 7.91. The maximum absolute atomic E-state index is 13.5. The molecule has 1 atom stereocenters. The van der Waals surface area contributed by atoms with Crippen LogP contribution in [0.1, 0.15) is 50.5 Å². The number of nitrogens with one attached hydrogen (secondary N) is 1. The van der Waals surface area contributed by atoms with E-state index >= 15 is 0 Å². The fourth-order valence-electron chi connectivity index (χ4n) is 4.75. The van der Waals surface area contributed by atoms with Crippen LogP contribution in [-0.2, 0) is 19.4 Å². The topological polar surface area (TPSA) is 135 Å². The number of benzene rings is 2. The van der Waals surface area contributed by atoms with Gasteiger partial charge in [0.1, 0.15) is 12.4 Å². The lowest BCUT2D eigenvalue weighted by atomic mass is 9.84. The minimum absolute atomic E-state index is 0.0459. The van der Waals surface area contributed by atoms with Crippen LogP contribution in [0.2, 0.25) is 0 Å². The second-order valence-electron chi connectivity index (χ2n) is 10.0. The SMILES string of the molecule is O=C(NCC1(O)CCCCC1)[C@@]1(CCS(=O)(=O)c2ccccc2)COC(c2ccc(OCCCO)cc2)=N1. The van der Waals surface area contributed by atoms with Crippen LogP contribution in [0, 0.1) is 0 Å². The molecular weight excluding hydrogens is 508 g/mol. The molecular formula is C28H36N2O7S. The maximum atomic E-state index is 13.5. The van der Waals surface area contributed by atoms with Gasteiger partial charge in [-0.15, -0.1) is 0 Å². The van der Waals surface area contributed by atoms with Crippen LogP contribution in [0.5, 0.6) is 5.75 Å². The van der Waals surface area contributed by atoms with Gasteiger partial charge in [-0.05, 0) is 55.7 Å². The number of carbonyl (C=O) groups excluding carboxylic acids is 1. The zero-order valence-corrected chi connectivity index (χ0v) is 22.3. The zero-order chi connectivity index (χ0) is 27.1. The average molecular weight is 545 g/mol. The van der Waals surface area contributed by atoms with Crippen LogP contribution in [0.3, 0.4) is 0 Å². The van der Waals surface area contributed by atoms with Crippen molar-refractivity contribution in [3.05, 3.63) is 60.2 Å². The summed E-state index contributed by atoms with van der Waals surface area (Å²) in [7, 11) is -3.65. The van der Waals surface area contributed by atoms with Crippen molar-refractivity contribution in [3.63, 3.8) is 0 Å². The predicted octanol–water partition coefficient (Wildman–Crippen LogP) is 2.64. The number of sulfone groups is 1. The quantitative estimate of drug-likeness (QED) is 0.350. The summed E-state index contributed by atoms with van der Waals surface area (Å²) in [5.74, 6) is 0.126. The van der Waals surface area contributed by atoms with Crippen LogP contribution >= 0.6 is 0 Å². The van der Waals surface area contributed by atoms with E-state index in [0.717, 1.165) is 19.3 Å². The highest BCUT2D eigenvalue weighted by atomic mass is 32.2. The van der Waals surface area contributed by atoms with Crippen molar-refractivity contribution < 1.29 is 32.9 Å². The zero-order valence-electron chi connectivity index (χ0n) is 21.5. The van der Waals surface area contributed by atoms with E-state index in [2.05, 4.69) is 10.3 Å². The van der Waals surface area contributed by atoms with E-state index in [1.54, 1.807) is 42.5 Å². The monoisotopic (exact) mass is 544 g/mol. The second kappa shape index (κ2) is 12.3. The molecule has 0 saturated heterocycles. The number of rotatable bonds is 12. The lowest BCUT2D eigenvalue weighted by molar-refractivity contribution is -0.128. The summed E-state index contributed by atoms with van der Waals surface area (Å²) < 4.78 is 37.5.